The normalized spacial score (nSPS) is 11.7. The first kappa shape index (κ1) is 16.8. The Morgan fingerprint density at radius 2 is 1.83 bits per heavy atom. The Labute approximate surface area is 132 Å². The Balaban J connectivity index is 2.03. The predicted molar refractivity (Wildman–Crippen MR) is 84.9 cm³/mol. The van der Waals surface area contributed by atoms with Gasteiger partial charge in [0.2, 0.25) is 5.91 Å². The summed E-state index contributed by atoms with van der Waals surface area (Å²) in [5, 5.41) is 2.66. The van der Waals surface area contributed by atoms with Crippen molar-refractivity contribution in [1.29, 1.82) is 0 Å². The van der Waals surface area contributed by atoms with E-state index in [1.165, 1.54) is 24.3 Å². The lowest BCUT2D eigenvalue weighted by molar-refractivity contribution is -0.137. The molecule has 0 unspecified atom stereocenters. The lowest BCUT2D eigenvalue weighted by Crippen LogP contribution is -2.07. The summed E-state index contributed by atoms with van der Waals surface area (Å²) < 4.78 is 37.8. The van der Waals surface area contributed by atoms with Crippen molar-refractivity contribution in [3.05, 3.63) is 71.3 Å². The van der Waals surface area contributed by atoms with E-state index in [0.29, 0.717) is 11.3 Å². The maximum absolute atomic E-state index is 12.6. The van der Waals surface area contributed by atoms with Crippen molar-refractivity contribution >= 4 is 17.7 Å². The van der Waals surface area contributed by atoms with E-state index in [4.69, 9.17) is 0 Å². The van der Waals surface area contributed by atoms with Crippen LogP contribution in [0.2, 0.25) is 0 Å². The van der Waals surface area contributed by atoms with Gasteiger partial charge in [-0.3, -0.25) is 4.79 Å². The number of carbonyl (C=O) groups excluding carboxylic acids is 1. The first-order chi connectivity index (χ1) is 10.9. The van der Waals surface area contributed by atoms with Gasteiger partial charge in [-0.05, 0) is 47.9 Å². The minimum atomic E-state index is -4.40. The van der Waals surface area contributed by atoms with Crippen molar-refractivity contribution in [2.24, 2.45) is 0 Å². The number of halogens is 3. The van der Waals surface area contributed by atoms with Gasteiger partial charge in [0.05, 0.1) is 5.56 Å². The molecule has 2 rings (SSSR count). The maximum atomic E-state index is 12.6. The fraction of sp³-hybridized carbons (Fsp3) is 0.167. The SMILES string of the molecule is CCc1ccc(NC(=O)/C=C/c2cccc(C(F)(F)F)c2)cc1. The van der Waals surface area contributed by atoms with Gasteiger partial charge in [-0.15, -0.1) is 0 Å². The van der Waals surface area contributed by atoms with E-state index in [0.717, 1.165) is 24.1 Å². The van der Waals surface area contributed by atoms with Crippen LogP contribution in [-0.2, 0) is 17.4 Å². The molecule has 0 bridgehead atoms. The molecule has 0 saturated carbocycles. The fourth-order valence-electron chi connectivity index (χ4n) is 2.00. The zero-order valence-electron chi connectivity index (χ0n) is 12.5. The molecule has 0 aliphatic heterocycles. The highest BCUT2D eigenvalue weighted by atomic mass is 19.4. The Bertz CT molecular complexity index is 703. The minimum absolute atomic E-state index is 0.316. The van der Waals surface area contributed by atoms with Crippen LogP contribution in [0.25, 0.3) is 6.08 Å². The van der Waals surface area contributed by atoms with Crippen LogP contribution in [0, 0.1) is 0 Å². The lowest BCUT2D eigenvalue weighted by atomic mass is 10.1. The molecule has 0 aromatic heterocycles. The molecule has 0 radical (unpaired) electrons. The van der Waals surface area contributed by atoms with Crippen LogP contribution in [0.3, 0.4) is 0 Å². The summed E-state index contributed by atoms with van der Waals surface area (Å²) in [7, 11) is 0. The maximum Gasteiger partial charge on any atom is 0.416 e. The largest absolute Gasteiger partial charge is 0.416 e. The van der Waals surface area contributed by atoms with Crippen LogP contribution < -0.4 is 5.32 Å². The number of hydrogen-bond acceptors (Lipinski definition) is 1. The molecule has 5 heteroatoms. The van der Waals surface area contributed by atoms with Gasteiger partial charge in [0, 0.05) is 11.8 Å². The number of rotatable bonds is 4. The van der Waals surface area contributed by atoms with E-state index in [1.807, 2.05) is 19.1 Å². The van der Waals surface area contributed by atoms with Gasteiger partial charge in [0.25, 0.3) is 0 Å². The summed E-state index contributed by atoms with van der Waals surface area (Å²) in [6.07, 6.45) is -0.926. The minimum Gasteiger partial charge on any atom is -0.323 e. The zero-order valence-corrected chi connectivity index (χ0v) is 12.5. The number of anilines is 1. The monoisotopic (exact) mass is 319 g/mol. The Morgan fingerprint density at radius 1 is 1.13 bits per heavy atom. The second-order valence-corrected chi connectivity index (χ2v) is 5.00. The summed E-state index contributed by atoms with van der Waals surface area (Å²) in [5.41, 5.74) is 1.37. The third kappa shape index (κ3) is 4.98. The smallest absolute Gasteiger partial charge is 0.323 e. The van der Waals surface area contributed by atoms with E-state index in [9.17, 15) is 18.0 Å². The molecule has 2 aromatic carbocycles. The molecule has 1 N–H and O–H groups in total. The summed E-state index contributed by atoms with van der Waals surface area (Å²) in [5.74, 6) is -0.397. The molecule has 0 aliphatic carbocycles. The highest BCUT2D eigenvalue weighted by Crippen LogP contribution is 2.29. The number of carbonyl (C=O) groups is 1. The van der Waals surface area contributed by atoms with Crippen molar-refractivity contribution in [2.45, 2.75) is 19.5 Å². The first-order valence-electron chi connectivity index (χ1n) is 7.14. The quantitative estimate of drug-likeness (QED) is 0.796. The summed E-state index contributed by atoms with van der Waals surface area (Å²) in [6, 6.07) is 12.2. The second kappa shape index (κ2) is 7.13. The van der Waals surface area contributed by atoms with Crippen LogP contribution in [0.5, 0.6) is 0 Å². The summed E-state index contributed by atoms with van der Waals surface area (Å²) in [4.78, 5) is 11.8. The van der Waals surface area contributed by atoms with Crippen LogP contribution in [0.4, 0.5) is 18.9 Å². The molecule has 1 amide bonds. The van der Waals surface area contributed by atoms with Gasteiger partial charge in [-0.1, -0.05) is 31.2 Å². The van der Waals surface area contributed by atoms with E-state index in [2.05, 4.69) is 5.32 Å². The van der Waals surface area contributed by atoms with Gasteiger partial charge in [0.1, 0.15) is 0 Å². The van der Waals surface area contributed by atoms with E-state index in [-0.39, 0.29) is 0 Å². The highest BCUT2D eigenvalue weighted by molar-refractivity contribution is 6.01. The molecule has 0 saturated heterocycles. The third-order valence-electron chi connectivity index (χ3n) is 3.27. The standard InChI is InChI=1S/C18H16F3NO/c1-2-13-6-9-16(10-7-13)22-17(23)11-8-14-4-3-5-15(12-14)18(19,20)21/h3-12H,2H2,1H3,(H,22,23)/b11-8+. The number of nitrogens with one attached hydrogen (secondary N) is 1. The number of benzene rings is 2. The van der Waals surface area contributed by atoms with Crippen LogP contribution in [-0.4, -0.2) is 5.91 Å². The van der Waals surface area contributed by atoms with Crippen molar-refractivity contribution in [3.63, 3.8) is 0 Å². The average molecular weight is 319 g/mol. The Kier molecular flexibility index (Phi) is 5.21. The molecule has 23 heavy (non-hydrogen) atoms. The predicted octanol–water partition coefficient (Wildman–Crippen LogP) is 4.92. The van der Waals surface area contributed by atoms with Crippen LogP contribution in [0.1, 0.15) is 23.6 Å². The van der Waals surface area contributed by atoms with E-state index in [1.54, 1.807) is 12.1 Å². The third-order valence-corrected chi connectivity index (χ3v) is 3.27. The molecule has 2 aromatic rings. The Hall–Kier alpha value is -2.56. The van der Waals surface area contributed by atoms with Gasteiger partial charge in [-0.25, -0.2) is 0 Å². The molecular formula is C18H16F3NO. The van der Waals surface area contributed by atoms with Gasteiger partial charge in [-0.2, -0.15) is 13.2 Å². The van der Waals surface area contributed by atoms with Gasteiger partial charge < -0.3 is 5.32 Å². The molecule has 0 heterocycles. The van der Waals surface area contributed by atoms with Crippen molar-refractivity contribution < 1.29 is 18.0 Å². The molecule has 0 aliphatic rings. The summed E-state index contributed by atoms with van der Waals surface area (Å²) >= 11 is 0. The highest BCUT2D eigenvalue weighted by Gasteiger charge is 2.30. The van der Waals surface area contributed by atoms with Crippen molar-refractivity contribution in [1.82, 2.24) is 0 Å². The van der Waals surface area contributed by atoms with Crippen LogP contribution in [0.15, 0.2) is 54.6 Å². The number of aryl methyl sites for hydroxylation is 1. The first-order valence-corrected chi connectivity index (χ1v) is 7.14. The average Bonchev–Trinajstić information content (AvgIpc) is 2.53. The van der Waals surface area contributed by atoms with Crippen molar-refractivity contribution in [3.8, 4) is 0 Å². The number of hydrogen-bond donors (Lipinski definition) is 1. The lowest BCUT2D eigenvalue weighted by Gasteiger charge is -2.06. The Morgan fingerprint density at radius 3 is 2.43 bits per heavy atom. The number of amides is 1. The molecule has 0 fully saturated rings. The van der Waals surface area contributed by atoms with Crippen LogP contribution >= 0.6 is 0 Å². The van der Waals surface area contributed by atoms with E-state index < -0.39 is 17.6 Å². The molecular weight excluding hydrogens is 303 g/mol. The number of alkyl halides is 3. The second-order valence-electron chi connectivity index (χ2n) is 5.00. The van der Waals surface area contributed by atoms with Gasteiger partial charge >= 0.3 is 6.18 Å². The van der Waals surface area contributed by atoms with E-state index >= 15 is 0 Å². The zero-order chi connectivity index (χ0) is 16.9. The molecule has 120 valence electrons. The van der Waals surface area contributed by atoms with Crippen molar-refractivity contribution in [2.75, 3.05) is 5.32 Å². The fourth-order valence-corrected chi connectivity index (χ4v) is 2.00. The summed E-state index contributed by atoms with van der Waals surface area (Å²) in [6.45, 7) is 2.03. The molecule has 0 atom stereocenters. The molecule has 2 nitrogen and oxygen atoms in total. The molecule has 0 spiro atoms. The topological polar surface area (TPSA) is 29.1 Å². The van der Waals surface area contributed by atoms with Gasteiger partial charge in [0.15, 0.2) is 0 Å².